The van der Waals surface area contributed by atoms with Crippen LogP contribution in [0.25, 0.3) is 0 Å². The Bertz CT molecular complexity index is 282. The van der Waals surface area contributed by atoms with E-state index in [2.05, 4.69) is 0 Å². The zero-order valence-electron chi connectivity index (χ0n) is 8.51. The number of epoxide rings is 1. The number of hydrogen-bond acceptors (Lipinski definition) is 3. The van der Waals surface area contributed by atoms with Gasteiger partial charge in [0, 0.05) is 27.7 Å². The van der Waals surface area contributed by atoms with Crippen LogP contribution in [0, 0.1) is 13.5 Å². The minimum absolute atomic E-state index is 0. The number of aryl methyl sites for hydroxylation is 1. The van der Waals surface area contributed by atoms with E-state index in [0.717, 1.165) is 5.75 Å². The summed E-state index contributed by atoms with van der Waals surface area (Å²) in [6.07, 6.45) is 0.177. The molecule has 0 bridgehead atoms. The molecule has 1 aliphatic heterocycles. The summed E-state index contributed by atoms with van der Waals surface area (Å²) in [4.78, 5) is 0. The van der Waals surface area contributed by atoms with Crippen molar-refractivity contribution in [2.45, 2.75) is 13.0 Å². The molecule has 0 amide bonds. The number of rotatable bonds is 5. The minimum atomic E-state index is 0. The predicted octanol–water partition coefficient (Wildman–Crippen LogP) is 1.91. The first-order valence-corrected chi connectivity index (χ1v) is 4.60. The summed E-state index contributed by atoms with van der Waals surface area (Å²) in [5.41, 5.74) is 1.22. The molecule has 0 saturated carbocycles. The molecule has 0 aliphatic carbocycles. The molecule has 0 radical (unpaired) electrons. The van der Waals surface area contributed by atoms with Gasteiger partial charge < -0.3 is 14.2 Å². The second-order valence-electron chi connectivity index (χ2n) is 3.26. The van der Waals surface area contributed by atoms with E-state index >= 15 is 0 Å². The third-order valence-electron chi connectivity index (χ3n) is 1.94. The normalized spacial score (nSPS) is 18.1. The first-order chi connectivity index (χ1) is 6.84. The van der Waals surface area contributed by atoms with Gasteiger partial charge >= 0.3 is 0 Å². The van der Waals surface area contributed by atoms with Crippen molar-refractivity contribution in [1.29, 1.82) is 0 Å². The first kappa shape index (κ1) is 12.7. The Kier molecular flexibility index (Phi) is 5.30. The van der Waals surface area contributed by atoms with E-state index < -0.39 is 0 Å². The van der Waals surface area contributed by atoms with Crippen LogP contribution in [-0.4, -0.2) is 19.5 Å². The van der Waals surface area contributed by atoms with E-state index in [1.54, 1.807) is 6.61 Å². The van der Waals surface area contributed by atoms with Gasteiger partial charge in [-0.3, -0.25) is 0 Å². The van der Waals surface area contributed by atoms with Crippen molar-refractivity contribution in [3.8, 4) is 5.75 Å². The summed E-state index contributed by atoms with van der Waals surface area (Å²) in [6, 6.07) is 7.87. The molecule has 3 nitrogen and oxygen atoms in total. The van der Waals surface area contributed by atoms with Gasteiger partial charge in [0.2, 0.25) is 0 Å². The Morgan fingerprint density at radius 2 is 2.00 bits per heavy atom. The Hall–Kier alpha value is -0.372. The molecule has 2 rings (SSSR count). The molecule has 0 aromatic heterocycles. The van der Waals surface area contributed by atoms with Crippen LogP contribution in [0.1, 0.15) is 5.56 Å². The fourth-order valence-electron chi connectivity index (χ4n) is 1.04. The summed E-state index contributed by atoms with van der Waals surface area (Å²) in [7, 11) is 0. The molecule has 1 heterocycles. The molecule has 1 atom stereocenters. The fourth-order valence-corrected chi connectivity index (χ4v) is 1.04. The zero-order valence-corrected chi connectivity index (χ0v) is 11.4. The van der Waals surface area contributed by atoms with Crippen molar-refractivity contribution in [1.82, 2.24) is 0 Å². The summed E-state index contributed by atoms with van der Waals surface area (Å²) in [5.74, 6) is 0.830. The van der Waals surface area contributed by atoms with Gasteiger partial charge in [-0.15, -0.1) is 0 Å². The Morgan fingerprint density at radius 3 is 2.60 bits per heavy atom. The average Bonchev–Trinajstić information content (AvgIpc) is 2.99. The molecule has 1 aromatic rings. The molecular formula is C11H13O3W-. The van der Waals surface area contributed by atoms with Crippen molar-refractivity contribution in [2.24, 2.45) is 0 Å². The molecule has 1 aromatic carbocycles. The smallest absolute Gasteiger partial charge is 0.189 e. The zero-order chi connectivity index (χ0) is 9.80. The second kappa shape index (κ2) is 6.26. The van der Waals surface area contributed by atoms with Crippen LogP contribution in [0.2, 0.25) is 0 Å². The van der Waals surface area contributed by atoms with Crippen LogP contribution < -0.4 is 4.74 Å². The van der Waals surface area contributed by atoms with Crippen LogP contribution in [0.15, 0.2) is 24.3 Å². The van der Waals surface area contributed by atoms with Crippen molar-refractivity contribution in [3.63, 3.8) is 0 Å². The number of benzene rings is 1. The van der Waals surface area contributed by atoms with E-state index in [1.807, 2.05) is 31.2 Å². The van der Waals surface area contributed by atoms with E-state index in [0.29, 0.717) is 6.61 Å². The van der Waals surface area contributed by atoms with Crippen molar-refractivity contribution < 1.29 is 35.3 Å². The van der Waals surface area contributed by atoms with Crippen molar-refractivity contribution in [2.75, 3.05) is 13.4 Å². The Morgan fingerprint density at radius 1 is 1.33 bits per heavy atom. The monoisotopic (exact) mass is 377 g/mol. The van der Waals surface area contributed by atoms with Gasteiger partial charge in [-0.25, -0.2) is 0 Å². The SMILES string of the molecule is Cc1ccc(OCOCC2[CH-]O2)cc1.[W]. The van der Waals surface area contributed by atoms with Crippen LogP contribution in [0.5, 0.6) is 5.75 Å². The third-order valence-corrected chi connectivity index (χ3v) is 1.94. The van der Waals surface area contributed by atoms with Gasteiger partial charge in [-0.1, -0.05) is 23.8 Å². The van der Waals surface area contributed by atoms with Crippen LogP contribution in [0.3, 0.4) is 0 Å². The molecule has 4 heteroatoms. The van der Waals surface area contributed by atoms with Crippen LogP contribution in [0.4, 0.5) is 0 Å². The fraction of sp³-hybridized carbons (Fsp3) is 0.364. The van der Waals surface area contributed by atoms with E-state index in [-0.39, 0.29) is 34.0 Å². The summed E-state index contributed by atoms with van der Waals surface area (Å²) >= 11 is 0. The van der Waals surface area contributed by atoms with E-state index in [1.165, 1.54) is 5.56 Å². The van der Waals surface area contributed by atoms with Gasteiger partial charge in [-0.05, 0) is 19.1 Å². The maximum Gasteiger partial charge on any atom is 0.189 e. The molecule has 15 heavy (non-hydrogen) atoms. The van der Waals surface area contributed by atoms with Crippen molar-refractivity contribution in [3.05, 3.63) is 36.4 Å². The number of ether oxygens (including phenoxy) is 3. The second-order valence-corrected chi connectivity index (χ2v) is 3.26. The van der Waals surface area contributed by atoms with Crippen molar-refractivity contribution >= 4 is 0 Å². The summed E-state index contributed by atoms with van der Waals surface area (Å²) < 4.78 is 15.4. The average molecular weight is 377 g/mol. The number of hydrogen-bond donors (Lipinski definition) is 0. The topological polar surface area (TPSA) is 31.0 Å². The molecule has 1 saturated heterocycles. The minimum Gasteiger partial charge on any atom is -0.568 e. The van der Waals surface area contributed by atoms with Gasteiger partial charge in [-0.2, -0.15) is 6.61 Å². The van der Waals surface area contributed by atoms with Gasteiger partial charge in [0.05, 0.1) is 0 Å². The predicted molar refractivity (Wildman–Crippen MR) is 51.8 cm³/mol. The maximum absolute atomic E-state index is 5.35. The molecule has 1 fully saturated rings. The standard InChI is InChI=1S/C11H13O3.W/c1-9-2-4-10(5-3-9)14-8-12-6-11-7-13-11;/h2-5,7,11H,6,8H2,1H3;/q-1;. The maximum atomic E-state index is 5.35. The summed E-state index contributed by atoms with van der Waals surface area (Å²) in [5, 5.41) is 0. The third kappa shape index (κ3) is 4.78. The molecule has 1 aliphatic rings. The van der Waals surface area contributed by atoms with Gasteiger partial charge in [0.15, 0.2) is 6.79 Å². The largest absolute Gasteiger partial charge is 0.568 e. The molecule has 82 valence electrons. The van der Waals surface area contributed by atoms with E-state index in [4.69, 9.17) is 14.2 Å². The molecule has 0 spiro atoms. The van der Waals surface area contributed by atoms with Gasteiger partial charge in [0.1, 0.15) is 5.75 Å². The molecular weight excluding hydrogens is 364 g/mol. The molecule has 1 unspecified atom stereocenters. The van der Waals surface area contributed by atoms with Crippen LogP contribution in [-0.2, 0) is 30.5 Å². The Balaban J connectivity index is 0.00000112. The van der Waals surface area contributed by atoms with Gasteiger partial charge in [0.25, 0.3) is 0 Å². The van der Waals surface area contributed by atoms with Crippen LogP contribution >= 0.6 is 0 Å². The first-order valence-electron chi connectivity index (χ1n) is 4.60. The summed E-state index contributed by atoms with van der Waals surface area (Å²) in [6.45, 7) is 4.63. The van der Waals surface area contributed by atoms with E-state index in [9.17, 15) is 0 Å². The Labute approximate surface area is 104 Å². The molecule has 0 N–H and O–H groups in total. The quantitative estimate of drug-likeness (QED) is 0.340.